The first-order chi connectivity index (χ1) is 12.7. The number of nitrogens with one attached hydrogen (secondary N) is 1. The van der Waals surface area contributed by atoms with Crippen molar-refractivity contribution in [2.75, 3.05) is 26.2 Å². The molecule has 1 saturated heterocycles. The standard InChI is InChI=1S/C19H27ClN6.HI/c1-3-22-19(23-8-6-16-4-5-18(20)24-12-16)25-10-7-15(2)17(13-25)26-11-9-21-14-26;/h4-5,9,11-12,14-15,17H,3,6-8,10,13H2,1-2H3,(H,22,23);1H. The van der Waals surface area contributed by atoms with Gasteiger partial charge in [0.2, 0.25) is 0 Å². The Labute approximate surface area is 183 Å². The maximum atomic E-state index is 5.84. The Kier molecular flexibility index (Phi) is 8.82. The fraction of sp³-hybridized carbons (Fsp3) is 0.526. The van der Waals surface area contributed by atoms with E-state index in [1.165, 1.54) is 0 Å². The number of rotatable bonds is 5. The van der Waals surface area contributed by atoms with Crippen molar-refractivity contribution < 1.29 is 0 Å². The molecule has 0 bridgehead atoms. The Balaban J connectivity index is 0.00000261. The topological polar surface area (TPSA) is 58.3 Å². The number of pyridine rings is 1. The average Bonchev–Trinajstić information content (AvgIpc) is 3.17. The summed E-state index contributed by atoms with van der Waals surface area (Å²) in [5.41, 5.74) is 1.15. The smallest absolute Gasteiger partial charge is 0.193 e. The van der Waals surface area contributed by atoms with Gasteiger partial charge in [0.1, 0.15) is 5.15 Å². The maximum Gasteiger partial charge on any atom is 0.193 e. The van der Waals surface area contributed by atoms with Gasteiger partial charge < -0.3 is 14.8 Å². The van der Waals surface area contributed by atoms with E-state index in [2.05, 4.69) is 44.8 Å². The highest BCUT2D eigenvalue weighted by atomic mass is 127. The molecule has 2 atom stereocenters. The van der Waals surface area contributed by atoms with Gasteiger partial charge in [-0.1, -0.05) is 24.6 Å². The van der Waals surface area contributed by atoms with Crippen LogP contribution in [0.15, 0.2) is 42.0 Å². The van der Waals surface area contributed by atoms with E-state index in [0.717, 1.165) is 50.5 Å². The summed E-state index contributed by atoms with van der Waals surface area (Å²) in [6.45, 7) is 8.00. The van der Waals surface area contributed by atoms with Crippen LogP contribution in [0.1, 0.15) is 31.9 Å². The third kappa shape index (κ3) is 6.07. The summed E-state index contributed by atoms with van der Waals surface area (Å²) in [6.07, 6.45) is 9.65. The number of aromatic nitrogens is 3. The lowest BCUT2D eigenvalue weighted by Crippen LogP contribution is -2.49. The summed E-state index contributed by atoms with van der Waals surface area (Å²) in [7, 11) is 0. The van der Waals surface area contributed by atoms with Crippen molar-refractivity contribution in [2.24, 2.45) is 10.9 Å². The van der Waals surface area contributed by atoms with Gasteiger partial charge in [-0.05, 0) is 37.3 Å². The molecule has 1 aliphatic heterocycles. The second-order valence-electron chi connectivity index (χ2n) is 6.76. The van der Waals surface area contributed by atoms with Crippen molar-refractivity contribution in [3.05, 3.63) is 47.8 Å². The predicted molar refractivity (Wildman–Crippen MR) is 121 cm³/mol. The Morgan fingerprint density at radius 2 is 2.26 bits per heavy atom. The van der Waals surface area contributed by atoms with E-state index in [0.29, 0.717) is 17.1 Å². The highest BCUT2D eigenvalue weighted by molar-refractivity contribution is 14.0. The number of halogens is 2. The molecule has 0 aromatic carbocycles. The Morgan fingerprint density at radius 3 is 2.93 bits per heavy atom. The number of nitrogens with zero attached hydrogens (tertiary/aromatic N) is 5. The van der Waals surface area contributed by atoms with Gasteiger partial charge in [-0.25, -0.2) is 9.97 Å². The van der Waals surface area contributed by atoms with E-state index in [1.54, 1.807) is 0 Å². The summed E-state index contributed by atoms with van der Waals surface area (Å²) in [4.78, 5) is 15.6. The molecule has 0 amide bonds. The van der Waals surface area contributed by atoms with Crippen LogP contribution in [-0.4, -0.2) is 51.6 Å². The summed E-state index contributed by atoms with van der Waals surface area (Å²) < 4.78 is 2.22. The van der Waals surface area contributed by atoms with Gasteiger partial charge in [0, 0.05) is 44.8 Å². The first-order valence-corrected chi connectivity index (χ1v) is 9.66. The molecule has 3 heterocycles. The molecule has 0 saturated carbocycles. The summed E-state index contributed by atoms with van der Waals surface area (Å²) >= 11 is 5.84. The normalized spacial score (nSPS) is 20.3. The Hall–Kier alpha value is -1.35. The third-order valence-corrected chi connectivity index (χ3v) is 5.14. The Morgan fingerprint density at radius 1 is 1.41 bits per heavy atom. The van der Waals surface area contributed by atoms with Gasteiger partial charge >= 0.3 is 0 Å². The van der Waals surface area contributed by atoms with E-state index in [9.17, 15) is 0 Å². The fourth-order valence-electron chi connectivity index (χ4n) is 3.37. The zero-order chi connectivity index (χ0) is 18.4. The van der Waals surface area contributed by atoms with E-state index in [4.69, 9.17) is 16.6 Å². The molecule has 6 nitrogen and oxygen atoms in total. The predicted octanol–water partition coefficient (Wildman–Crippen LogP) is 3.64. The van der Waals surface area contributed by atoms with Crippen LogP contribution in [0.5, 0.6) is 0 Å². The van der Waals surface area contributed by atoms with Crippen LogP contribution in [0, 0.1) is 5.92 Å². The van der Waals surface area contributed by atoms with E-state index in [1.807, 2.05) is 30.9 Å². The second kappa shape index (κ2) is 10.8. The Bertz CT molecular complexity index is 703. The molecule has 2 aromatic heterocycles. The van der Waals surface area contributed by atoms with Crippen LogP contribution < -0.4 is 5.32 Å². The van der Waals surface area contributed by atoms with Gasteiger partial charge in [-0.2, -0.15) is 0 Å². The van der Waals surface area contributed by atoms with Crippen molar-refractivity contribution in [3.63, 3.8) is 0 Å². The highest BCUT2D eigenvalue weighted by Crippen LogP contribution is 2.27. The van der Waals surface area contributed by atoms with Gasteiger partial charge in [0.05, 0.1) is 12.4 Å². The summed E-state index contributed by atoms with van der Waals surface area (Å²) in [5.74, 6) is 1.62. The molecule has 1 fully saturated rings. The molecule has 0 radical (unpaired) electrons. The molecule has 2 aromatic rings. The zero-order valence-electron chi connectivity index (χ0n) is 15.9. The second-order valence-corrected chi connectivity index (χ2v) is 7.15. The van der Waals surface area contributed by atoms with Crippen LogP contribution in [-0.2, 0) is 6.42 Å². The quantitative estimate of drug-likeness (QED) is 0.294. The average molecular weight is 503 g/mol. The van der Waals surface area contributed by atoms with Gasteiger partial charge in [0.15, 0.2) is 5.96 Å². The zero-order valence-corrected chi connectivity index (χ0v) is 19.0. The number of imidazole rings is 1. The van der Waals surface area contributed by atoms with Crippen LogP contribution in [0.3, 0.4) is 0 Å². The molecule has 1 N–H and O–H groups in total. The van der Waals surface area contributed by atoms with E-state index in [-0.39, 0.29) is 24.0 Å². The first kappa shape index (κ1) is 21.9. The van der Waals surface area contributed by atoms with Crippen molar-refractivity contribution in [3.8, 4) is 0 Å². The summed E-state index contributed by atoms with van der Waals surface area (Å²) in [5, 5.41) is 3.97. The fourth-order valence-corrected chi connectivity index (χ4v) is 3.48. The number of hydrogen-bond acceptors (Lipinski definition) is 3. The number of aliphatic imine (C=N–C) groups is 1. The lowest BCUT2D eigenvalue weighted by Gasteiger charge is -2.39. The molecule has 148 valence electrons. The molecule has 0 aliphatic carbocycles. The number of hydrogen-bond donors (Lipinski definition) is 1. The molecular formula is C19H28ClIN6. The molecule has 1 aliphatic rings. The first-order valence-electron chi connectivity index (χ1n) is 9.28. The van der Waals surface area contributed by atoms with Gasteiger partial charge in [-0.3, -0.25) is 4.99 Å². The van der Waals surface area contributed by atoms with Crippen molar-refractivity contribution in [2.45, 2.75) is 32.7 Å². The molecule has 27 heavy (non-hydrogen) atoms. The minimum absolute atomic E-state index is 0. The molecule has 2 unspecified atom stereocenters. The molecule has 3 rings (SSSR count). The SMILES string of the molecule is CCNC(=NCCc1ccc(Cl)nc1)N1CCC(C)C(n2ccnc2)C1.I. The monoisotopic (exact) mass is 502 g/mol. The van der Waals surface area contributed by atoms with Crippen molar-refractivity contribution in [1.29, 1.82) is 0 Å². The number of likely N-dealkylation sites (tertiary alicyclic amines) is 1. The highest BCUT2D eigenvalue weighted by Gasteiger charge is 2.28. The van der Waals surface area contributed by atoms with Crippen LogP contribution in [0.25, 0.3) is 0 Å². The minimum Gasteiger partial charge on any atom is -0.357 e. The number of piperidine rings is 1. The van der Waals surface area contributed by atoms with Gasteiger partial charge in [0.25, 0.3) is 0 Å². The minimum atomic E-state index is 0. The molecule has 0 spiro atoms. The van der Waals surface area contributed by atoms with Gasteiger partial charge in [-0.15, -0.1) is 24.0 Å². The summed E-state index contributed by atoms with van der Waals surface area (Å²) in [6, 6.07) is 4.26. The molecule has 8 heteroatoms. The maximum absolute atomic E-state index is 5.84. The van der Waals surface area contributed by atoms with Crippen LogP contribution in [0.4, 0.5) is 0 Å². The third-order valence-electron chi connectivity index (χ3n) is 4.91. The van der Waals surface area contributed by atoms with Crippen LogP contribution >= 0.6 is 35.6 Å². The van der Waals surface area contributed by atoms with Crippen molar-refractivity contribution in [1.82, 2.24) is 24.8 Å². The van der Waals surface area contributed by atoms with E-state index < -0.39 is 0 Å². The largest absolute Gasteiger partial charge is 0.357 e. The van der Waals surface area contributed by atoms with Crippen LogP contribution in [0.2, 0.25) is 5.15 Å². The molecular weight excluding hydrogens is 475 g/mol. The van der Waals surface area contributed by atoms with E-state index >= 15 is 0 Å². The van der Waals surface area contributed by atoms with Crippen molar-refractivity contribution >= 4 is 41.5 Å². The number of guanidine groups is 1. The lowest BCUT2D eigenvalue weighted by molar-refractivity contribution is 0.189. The lowest BCUT2D eigenvalue weighted by atomic mass is 9.93.